The van der Waals surface area contributed by atoms with E-state index >= 15 is 0 Å². The van der Waals surface area contributed by atoms with Gasteiger partial charge in [0.2, 0.25) is 0 Å². The van der Waals surface area contributed by atoms with Gasteiger partial charge in [0.1, 0.15) is 11.5 Å². The molecule has 4 heteroatoms. The number of likely N-dealkylation sites (tertiary alicyclic amines) is 1. The third kappa shape index (κ3) is 4.73. The summed E-state index contributed by atoms with van der Waals surface area (Å²) in [6, 6.07) is 10.2. The summed E-state index contributed by atoms with van der Waals surface area (Å²) in [6.45, 7) is 7.56. The minimum atomic E-state index is -0.0704. The third-order valence-electron chi connectivity index (χ3n) is 4.94. The van der Waals surface area contributed by atoms with Gasteiger partial charge < -0.3 is 9.73 Å². The van der Waals surface area contributed by atoms with Gasteiger partial charge in [-0.2, -0.15) is 0 Å². The molecule has 4 nitrogen and oxygen atoms in total. The van der Waals surface area contributed by atoms with Crippen molar-refractivity contribution in [3.8, 4) is 0 Å². The highest BCUT2D eigenvalue weighted by atomic mass is 16.3. The van der Waals surface area contributed by atoms with Crippen LogP contribution in [0.3, 0.4) is 0 Å². The molecule has 134 valence electrons. The lowest BCUT2D eigenvalue weighted by Gasteiger charge is -2.21. The molecule has 2 aromatic rings. The van der Waals surface area contributed by atoms with Crippen molar-refractivity contribution in [1.82, 2.24) is 10.2 Å². The molecule has 1 aliphatic heterocycles. The predicted octanol–water partition coefficient (Wildman–Crippen LogP) is 4.20. The van der Waals surface area contributed by atoms with Crippen LogP contribution in [0.1, 0.15) is 58.7 Å². The first-order chi connectivity index (χ1) is 12.1. The molecule has 0 spiro atoms. The van der Waals surface area contributed by atoms with Crippen molar-refractivity contribution in [2.45, 2.75) is 52.6 Å². The van der Waals surface area contributed by atoms with Gasteiger partial charge in [0.25, 0.3) is 5.91 Å². The van der Waals surface area contributed by atoms with Crippen molar-refractivity contribution in [2.24, 2.45) is 0 Å². The first-order valence-corrected chi connectivity index (χ1v) is 9.28. The van der Waals surface area contributed by atoms with Crippen LogP contribution in [0.2, 0.25) is 0 Å². The molecule has 0 unspecified atom stereocenters. The quantitative estimate of drug-likeness (QED) is 0.887. The lowest BCUT2D eigenvalue weighted by molar-refractivity contribution is 0.0949. The number of nitrogens with one attached hydrogen (secondary N) is 1. The summed E-state index contributed by atoms with van der Waals surface area (Å²) in [5.74, 6) is 1.37. The van der Waals surface area contributed by atoms with Crippen LogP contribution >= 0.6 is 0 Å². The molecule has 1 fully saturated rings. The number of nitrogens with zero attached hydrogens (tertiary/aromatic N) is 1. The van der Waals surface area contributed by atoms with Gasteiger partial charge in [-0.3, -0.25) is 9.69 Å². The Morgan fingerprint density at radius 1 is 1.08 bits per heavy atom. The summed E-state index contributed by atoms with van der Waals surface area (Å²) in [7, 11) is 0. The first-order valence-electron chi connectivity index (χ1n) is 9.28. The summed E-state index contributed by atoms with van der Waals surface area (Å²) in [4.78, 5) is 15.0. The Kier molecular flexibility index (Phi) is 5.92. The molecule has 0 saturated carbocycles. The number of carbonyl (C=O) groups is 1. The van der Waals surface area contributed by atoms with Crippen LogP contribution in [0.5, 0.6) is 0 Å². The van der Waals surface area contributed by atoms with Crippen molar-refractivity contribution in [1.29, 1.82) is 0 Å². The fourth-order valence-corrected chi connectivity index (χ4v) is 3.55. The number of carbonyl (C=O) groups excluding carboxylic acids is 1. The number of rotatable bonds is 5. The number of benzene rings is 1. The van der Waals surface area contributed by atoms with Gasteiger partial charge in [-0.15, -0.1) is 0 Å². The lowest BCUT2D eigenvalue weighted by atomic mass is 10.1. The smallest absolute Gasteiger partial charge is 0.255 e. The highest BCUT2D eigenvalue weighted by Gasteiger charge is 2.15. The average molecular weight is 340 g/mol. The Hall–Kier alpha value is -2.07. The number of furan rings is 1. The van der Waals surface area contributed by atoms with Crippen molar-refractivity contribution in [3.05, 3.63) is 58.5 Å². The minimum absolute atomic E-state index is 0.0704. The van der Waals surface area contributed by atoms with E-state index in [0.29, 0.717) is 17.9 Å². The van der Waals surface area contributed by atoms with Crippen LogP contribution in [-0.4, -0.2) is 23.9 Å². The van der Waals surface area contributed by atoms with E-state index in [2.05, 4.69) is 28.4 Å². The molecule has 3 rings (SSSR count). The maximum atomic E-state index is 12.4. The summed E-state index contributed by atoms with van der Waals surface area (Å²) in [5, 5.41) is 3.04. The Morgan fingerprint density at radius 3 is 2.40 bits per heavy atom. The molecule has 0 bridgehead atoms. The highest BCUT2D eigenvalue weighted by molar-refractivity contribution is 5.95. The molecule has 1 aliphatic rings. The Morgan fingerprint density at radius 2 is 1.76 bits per heavy atom. The van der Waals surface area contributed by atoms with Crippen LogP contribution in [0.25, 0.3) is 0 Å². The zero-order valence-electron chi connectivity index (χ0n) is 15.3. The average Bonchev–Trinajstić information content (AvgIpc) is 2.79. The van der Waals surface area contributed by atoms with E-state index in [4.69, 9.17) is 4.42 Å². The third-order valence-corrected chi connectivity index (χ3v) is 4.94. The van der Waals surface area contributed by atoms with Crippen molar-refractivity contribution >= 4 is 5.91 Å². The van der Waals surface area contributed by atoms with Gasteiger partial charge >= 0.3 is 0 Å². The molecule has 25 heavy (non-hydrogen) atoms. The second-order valence-electron chi connectivity index (χ2n) is 6.97. The summed E-state index contributed by atoms with van der Waals surface area (Å²) < 4.78 is 5.46. The minimum Gasteiger partial charge on any atom is -0.466 e. The van der Waals surface area contributed by atoms with E-state index in [1.54, 1.807) is 6.07 Å². The molecule has 1 aromatic carbocycles. The fourth-order valence-electron chi connectivity index (χ4n) is 3.55. The molecular formula is C21H28N2O2. The van der Waals surface area contributed by atoms with Crippen LogP contribution in [0, 0.1) is 13.8 Å². The number of hydrogen-bond acceptors (Lipinski definition) is 3. The van der Waals surface area contributed by atoms with E-state index in [1.807, 2.05) is 19.9 Å². The molecular weight excluding hydrogens is 312 g/mol. The molecule has 1 saturated heterocycles. The largest absolute Gasteiger partial charge is 0.466 e. The van der Waals surface area contributed by atoms with Crippen LogP contribution in [-0.2, 0) is 13.1 Å². The highest BCUT2D eigenvalue weighted by Crippen LogP contribution is 2.17. The molecule has 0 atom stereocenters. The van der Waals surface area contributed by atoms with E-state index in [-0.39, 0.29) is 5.91 Å². The normalized spacial score (nSPS) is 15.8. The standard InChI is InChI=1S/C21H28N2O2/c1-16-13-20(17(2)25-16)21(24)22-14-18-9-5-6-10-19(18)15-23-11-7-3-4-8-12-23/h5-6,9-10,13H,3-4,7-8,11-12,14-15H2,1-2H3,(H,22,24). The SMILES string of the molecule is Cc1cc(C(=O)NCc2ccccc2CN2CCCCCC2)c(C)o1. The van der Waals surface area contributed by atoms with E-state index in [1.165, 1.54) is 49.9 Å². The first kappa shape index (κ1) is 17.7. The second-order valence-corrected chi connectivity index (χ2v) is 6.97. The Labute approximate surface area is 150 Å². The molecule has 1 aromatic heterocycles. The van der Waals surface area contributed by atoms with Gasteiger partial charge in [-0.05, 0) is 57.0 Å². The number of amides is 1. The molecule has 1 N–H and O–H groups in total. The van der Waals surface area contributed by atoms with Gasteiger partial charge in [-0.25, -0.2) is 0 Å². The van der Waals surface area contributed by atoms with Gasteiger partial charge in [0.05, 0.1) is 5.56 Å². The van der Waals surface area contributed by atoms with Crippen LogP contribution < -0.4 is 5.32 Å². The lowest BCUT2D eigenvalue weighted by Crippen LogP contribution is -2.27. The van der Waals surface area contributed by atoms with Crippen molar-refractivity contribution in [2.75, 3.05) is 13.1 Å². The van der Waals surface area contributed by atoms with Gasteiger partial charge in [0, 0.05) is 13.1 Å². The van der Waals surface area contributed by atoms with Gasteiger partial charge in [-0.1, -0.05) is 37.1 Å². The van der Waals surface area contributed by atoms with Gasteiger partial charge in [0.15, 0.2) is 0 Å². The van der Waals surface area contributed by atoms with E-state index in [0.717, 1.165) is 12.3 Å². The molecule has 1 amide bonds. The van der Waals surface area contributed by atoms with Crippen molar-refractivity contribution in [3.63, 3.8) is 0 Å². The number of hydrogen-bond donors (Lipinski definition) is 1. The summed E-state index contributed by atoms with van der Waals surface area (Å²) in [6.07, 6.45) is 5.27. The maximum Gasteiger partial charge on any atom is 0.255 e. The topological polar surface area (TPSA) is 45.5 Å². The summed E-state index contributed by atoms with van der Waals surface area (Å²) >= 11 is 0. The molecule has 2 heterocycles. The zero-order valence-corrected chi connectivity index (χ0v) is 15.3. The maximum absolute atomic E-state index is 12.4. The van der Waals surface area contributed by atoms with E-state index in [9.17, 15) is 4.79 Å². The molecule has 0 radical (unpaired) electrons. The Balaban J connectivity index is 1.64. The zero-order chi connectivity index (χ0) is 17.6. The predicted molar refractivity (Wildman–Crippen MR) is 99.5 cm³/mol. The molecule has 0 aliphatic carbocycles. The Bertz CT molecular complexity index is 712. The second kappa shape index (κ2) is 8.34. The fraction of sp³-hybridized carbons (Fsp3) is 0.476. The number of aryl methyl sites for hydroxylation is 2. The van der Waals surface area contributed by atoms with Crippen LogP contribution in [0.4, 0.5) is 0 Å². The monoisotopic (exact) mass is 340 g/mol. The van der Waals surface area contributed by atoms with Crippen LogP contribution in [0.15, 0.2) is 34.7 Å². The van der Waals surface area contributed by atoms with E-state index < -0.39 is 0 Å². The van der Waals surface area contributed by atoms with Crippen molar-refractivity contribution < 1.29 is 9.21 Å². The summed E-state index contributed by atoms with van der Waals surface area (Å²) in [5.41, 5.74) is 3.13.